The summed E-state index contributed by atoms with van der Waals surface area (Å²) in [5.41, 5.74) is 9.82. The largest absolute Gasteiger partial charge is 0.497 e. The zero-order valence-electron chi connectivity index (χ0n) is 18.0. The number of rotatable bonds is 5. The van der Waals surface area contributed by atoms with E-state index in [4.69, 9.17) is 4.74 Å². The first-order valence-corrected chi connectivity index (χ1v) is 10.6. The van der Waals surface area contributed by atoms with Crippen LogP contribution in [0.2, 0.25) is 0 Å². The first kappa shape index (κ1) is 20.3. The highest BCUT2D eigenvalue weighted by Crippen LogP contribution is 2.34. The Labute approximate surface area is 186 Å². The molecule has 0 bridgehead atoms. The number of hydrazine groups is 2. The van der Waals surface area contributed by atoms with E-state index in [-0.39, 0.29) is 36.7 Å². The number of ether oxygens (including phenoxy) is 1. The number of carbonyl (C=O) groups is 2. The minimum Gasteiger partial charge on any atom is -0.497 e. The van der Waals surface area contributed by atoms with E-state index in [1.54, 1.807) is 42.5 Å². The summed E-state index contributed by atoms with van der Waals surface area (Å²) in [4.78, 5) is 27.1. The van der Waals surface area contributed by atoms with E-state index >= 15 is 0 Å². The maximum Gasteiger partial charge on any atom is 0.340 e. The molecule has 2 aromatic rings. The molecule has 3 unspecified atom stereocenters. The molecule has 3 amide bonds. The quantitative estimate of drug-likeness (QED) is 0.669. The summed E-state index contributed by atoms with van der Waals surface area (Å²) in [6.07, 6.45) is 4.23. The minimum atomic E-state index is -0.279. The smallest absolute Gasteiger partial charge is 0.340 e. The SMILES string of the molecule is COc1ccc(NC(=O)CN2NC3C4CC(c5ccc(C)cc5)NN4C=CN3C2=O)cc1. The molecular weight excluding hydrogens is 408 g/mol. The van der Waals surface area contributed by atoms with Crippen molar-refractivity contribution in [3.8, 4) is 5.75 Å². The van der Waals surface area contributed by atoms with Gasteiger partial charge in [0.1, 0.15) is 18.5 Å². The second-order valence-electron chi connectivity index (χ2n) is 8.23. The predicted octanol–water partition coefficient (Wildman–Crippen LogP) is 2.32. The predicted molar refractivity (Wildman–Crippen MR) is 119 cm³/mol. The molecule has 3 aliphatic rings. The number of aryl methyl sites for hydroxylation is 1. The summed E-state index contributed by atoms with van der Waals surface area (Å²) in [6.45, 7) is 1.98. The molecule has 5 rings (SSSR count). The fourth-order valence-electron chi connectivity index (χ4n) is 4.37. The van der Waals surface area contributed by atoms with Crippen molar-refractivity contribution < 1.29 is 14.3 Å². The average Bonchev–Trinajstić information content (AvgIpc) is 3.36. The van der Waals surface area contributed by atoms with Gasteiger partial charge in [0, 0.05) is 18.1 Å². The number of fused-ring (bicyclic) bond motifs is 3. The molecule has 0 radical (unpaired) electrons. The number of nitrogens with zero attached hydrogens (tertiary/aromatic N) is 3. The first-order valence-electron chi connectivity index (χ1n) is 10.6. The maximum atomic E-state index is 12.9. The molecule has 3 atom stereocenters. The highest BCUT2D eigenvalue weighted by atomic mass is 16.5. The van der Waals surface area contributed by atoms with E-state index in [2.05, 4.69) is 47.4 Å². The number of carbonyl (C=O) groups excluding carboxylic acids is 2. The normalized spacial score (nSPS) is 23.9. The molecule has 0 spiro atoms. The Morgan fingerprint density at radius 2 is 1.84 bits per heavy atom. The van der Waals surface area contributed by atoms with Crippen LogP contribution in [0.4, 0.5) is 10.5 Å². The number of nitrogens with one attached hydrogen (secondary N) is 3. The second kappa shape index (κ2) is 8.18. The van der Waals surface area contributed by atoms with Gasteiger partial charge < -0.3 is 15.1 Å². The number of methoxy groups -OCH3 is 1. The molecule has 9 nitrogen and oxygen atoms in total. The van der Waals surface area contributed by atoms with Crippen molar-refractivity contribution >= 4 is 17.6 Å². The molecule has 3 N–H and O–H groups in total. The van der Waals surface area contributed by atoms with Gasteiger partial charge in [0.25, 0.3) is 0 Å². The van der Waals surface area contributed by atoms with Gasteiger partial charge in [-0.3, -0.25) is 9.69 Å². The van der Waals surface area contributed by atoms with Crippen LogP contribution >= 0.6 is 0 Å². The van der Waals surface area contributed by atoms with Crippen molar-refractivity contribution in [3.05, 3.63) is 72.1 Å². The van der Waals surface area contributed by atoms with Gasteiger partial charge in [-0.25, -0.2) is 20.7 Å². The summed E-state index contributed by atoms with van der Waals surface area (Å²) in [5, 5.41) is 6.23. The fourth-order valence-corrected chi connectivity index (χ4v) is 4.37. The number of benzene rings is 2. The first-order chi connectivity index (χ1) is 15.5. The number of anilines is 1. The molecule has 3 aliphatic heterocycles. The van der Waals surface area contributed by atoms with Crippen LogP contribution in [0.25, 0.3) is 0 Å². The Morgan fingerprint density at radius 3 is 2.56 bits per heavy atom. The van der Waals surface area contributed by atoms with Crippen LogP contribution in [-0.2, 0) is 4.79 Å². The van der Waals surface area contributed by atoms with Crippen LogP contribution in [0.1, 0.15) is 23.6 Å². The van der Waals surface area contributed by atoms with Crippen molar-refractivity contribution in [1.82, 2.24) is 25.8 Å². The van der Waals surface area contributed by atoms with Crippen LogP contribution in [0.3, 0.4) is 0 Å². The van der Waals surface area contributed by atoms with Gasteiger partial charge in [0.05, 0.1) is 19.2 Å². The van der Waals surface area contributed by atoms with Crippen molar-refractivity contribution in [2.45, 2.75) is 31.6 Å². The lowest BCUT2D eigenvalue weighted by atomic mass is 9.99. The second-order valence-corrected chi connectivity index (χ2v) is 8.23. The van der Waals surface area contributed by atoms with Crippen LogP contribution in [0.5, 0.6) is 5.75 Å². The zero-order valence-corrected chi connectivity index (χ0v) is 18.0. The van der Waals surface area contributed by atoms with E-state index in [9.17, 15) is 9.59 Å². The third-order valence-corrected chi connectivity index (χ3v) is 6.09. The van der Waals surface area contributed by atoms with Crippen molar-refractivity contribution in [1.29, 1.82) is 0 Å². The molecule has 0 aromatic heterocycles. The Hall–Kier alpha value is -3.56. The zero-order chi connectivity index (χ0) is 22.2. The monoisotopic (exact) mass is 434 g/mol. The average molecular weight is 435 g/mol. The van der Waals surface area contributed by atoms with Crippen molar-refractivity contribution in [2.24, 2.45) is 0 Å². The molecule has 2 aromatic carbocycles. The molecule has 166 valence electrons. The topological polar surface area (TPSA) is 89.2 Å². The number of urea groups is 1. The van der Waals surface area contributed by atoms with E-state index in [0.29, 0.717) is 11.4 Å². The Bertz CT molecular complexity index is 1040. The standard InChI is InChI=1S/C23H26N6O3/c1-15-3-5-16(6-4-15)19-13-20-22-26-29(23(31)27(22)11-12-28(20)25-19)14-21(30)24-17-7-9-18(32-2)10-8-17/h3-12,19-20,22,25-26H,13-14H2,1-2H3,(H,24,30). The third-order valence-electron chi connectivity index (χ3n) is 6.09. The molecule has 2 saturated heterocycles. The van der Waals surface area contributed by atoms with Gasteiger partial charge in [0.15, 0.2) is 0 Å². The van der Waals surface area contributed by atoms with Crippen LogP contribution in [0.15, 0.2) is 60.9 Å². The summed E-state index contributed by atoms with van der Waals surface area (Å²) in [5.74, 6) is 0.431. The van der Waals surface area contributed by atoms with E-state index < -0.39 is 0 Å². The van der Waals surface area contributed by atoms with E-state index in [0.717, 1.165) is 6.42 Å². The van der Waals surface area contributed by atoms with Crippen molar-refractivity contribution in [3.63, 3.8) is 0 Å². The maximum absolute atomic E-state index is 12.9. The summed E-state index contributed by atoms with van der Waals surface area (Å²) >= 11 is 0. The fraction of sp³-hybridized carbons (Fsp3) is 0.304. The summed E-state index contributed by atoms with van der Waals surface area (Å²) in [6, 6.07) is 15.5. The highest BCUT2D eigenvalue weighted by Gasteiger charge is 2.48. The number of hydrogen-bond acceptors (Lipinski definition) is 6. The molecule has 9 heteroatoms. The number of hydrogen-bond donors (Lipinski definition) is 3. The number of amides is 3. The van der Waals surface area contributed by atoms with Gasteiger partial charge in [-0.15, -0.1) is 0 Å². The molecule has 0 aliphatic carbocycles. The van der Waals surface area contributed by atoms with Crippen molar-refractivity contribution in [2.75, 3.05) is 19.0 Å². The molecule has 3 heterocycles. The third kappa shape index (κ3) is 3.76. The summed E-state index contributed by atoms with van der Waals surface area (Å²) in [7, 11) is 1.59. The van der Waals surface area contributed by atoms with Gasteiger partial charge >= 0.3 is 6.03 Å². The molecule has 2 fully saturated rings. The highest BCUT2D eigenvalue weighted by molar-refractivity contribution is 5.94. The lowest BCUT2D eigenvalue weighted by Crippen LogP contribution is -2.54. The Morgan fingerprint density at radius 1 is 1.09 bits per heavy atom. The molecular formula is C23H26N6O3. The van der Waals surface area contributed by atoms with Crippen LogP contribution < -0.4 is 20.9 Å². The van der Waals surface area contributed by atoms with Gasteiger partial charge in [0.2, 0.25) is 5.91 Å². The lowest BCUT2D eigenvalue weighted by molar-refractivity contribution is -0.117. The van der Waals surface area contributed by atoms with Gasteiger partial charge in [-0.05, 0) is 43.2 Å². The minimum absolute atomic E-state index is 0.0462. The lowest BCUT2D eigenvalue weighted by Gasteiger charge is -2.34. The van der Waals surface area contributed by atoms with E-state index in [1.165, 1.54) is 16.1 Å². The van der Waals surface area contributed by atoms with Crippen LogP contribution in [-0.4, -0.2) is 52.7 Å². The molecule has 0 saturated carbocycles. The molecule has 32 heavy (non-hydrogen) atoms. The van der Waals surface area contributed by atoms with Gasteiger partial charge in [-0.1, -0.05) is 29.8 Å². The Kier molecular flexibility index (Phi) is 5.20. The Balaban J connectivity index is 1.23. The van der Waals surface area contributed by atoms with E-state index in [1.807, 2.05) is 11.2 Å². The van der Waals surface area contributed by atoms with Crippen LogP contribution in [0, 0.1) is 6.92 Å². The summed E-state index contributed by atoms with van der Waals surface area (Å²) < 4.78 is 5.13. The van der Waals surface area contributed by atoms with Gasteiger partial charge in [-0.2, -0.15) is 0 Å².